The zero-order valence-corrected chi connectivity index (χ0v) is 19.9. The molecule has 2 aromatic carbocycles. The number of piperidine rings is 1. The summed E-state index contributed by atoms with van der Waals surface area (Å²) in [5.74, 6) is 1.68. The highest BCUT2D eigenvalue weighted by molar-refractivity contribution is 8.24. The van der Waals surface area contributed by atoms with E-state index in [4.69, 9.17) is 9.47 Å². The predicted molar refractivity (Wildman–Crippen MR) is 128 cm³/mol. The fourth-order valence-corrected chi connectivity index (χ4v) is 5.79. The number of benzene rings is 2. The highest BCUT2D eigenvalue weighted by atomic mass is 32.3. The Labute approximate surface area is 191 Å². The quantitative estimate of drug-likeness (QED) is 0.582. The largest absolute Gasteiger partial charge is 0.493 e. The van der Waals surface area contributed by atoms with Gasteiger partial charge in [-0.25, -0.2) is 4.79 Å². The molecular formula is C25H33NO5S. The van der Waals surface area contributed by atoms with Gasteiger partial charge in [0.15, 0.2) is 0 Å². The highest BCUT2D eigenvalue weighted by Crippen LogP contribution is 2.55. The van der Waals surface area contributed by atoms with Crippen molar-refractivity contribution >= 4 is 16.7 Å². The number of fused-ring (bicyclic) bond motifs is 1. The minimum atomic E-state index is -2.59. The van der Waals surface area contributed by atoms with Gasteiger partial charge in [-0.3, -0.25) is 9.11 Å². The maximum Gasteiger partial charge on any atom is 0.410 e. The summed E-state index contributed by atoms with van der Waals surface area (Å²) in [7, 11) is -2.59. The van der Waals surface area contributed by atoms with Crippen molar-refractivity contribution in [3.63, 3.8) is 0 Å². The van der Waals surface area contributed by atoms with Crippen molar-refractivity contribution in [2.24, 2.45) is 5.92 Å². The number of rotatable bonds is 4. The van der Waals surface area contributed by atoms with Crippen LogP contribution in [0.15, 0.2) is 47.4 Å². The molecule has 2 heterocycles. The molecule has 2 aliphatic rings. The van der Waals surface area contributed by atoms with E-state index in [-0.39, 0.29) is 6.09 Å². The van der Waals surface area contributed by atoms with Crippen LogP contribution in [0.3, 0.4) is 0 Å². The van der Waals surface area contributed by atoms with Crippen molar-refractivity contribution < 1.29 is 23.4 Å². The van der Waals surface area contributed by atoms with Gasteiger partial charge in [-0.1, -0.05) is 18.2 Å². The number of carbonyl (C=O) groups is 1. The molecule has 0 atom stereocenters. The Kier molecular flexibility index (Phi) is 6.43. The summed E-state index contributed by atoms with van der Waals surface area (Å²) >= 11 is 0. The molecule has 0 aromatic heterocycles. The summed E-state index contributed by atoms with van der Waals surface area (Å²) in [6, 6.07) is 13.9. The highest BCUT2D eigenvalue weighted by Gasteiger charge is 2.28. The van der Waals surface area contributed by atoms with E-state index in [0.29, 0.717) is 42.7 Å². The number of hydrogen-bond donors (Lipinski definition) is 2. The number of likely N-dealkylation sites (tertiary alicyclic amines) is 1. The first-order valence-corrected chi connectivity index (χ1v) is 12.9. The smallest absolute Gasteiger partial charge is 0.410 e. The van der Waals surface area contributed by atoms with Crippen LogP contribution in [0.5, 0.6) is 5.75 Å². The second-order valence-corrected chi connectivity index (χ2v) is 11.9. The first kappa shape index (κ1) is 23.0. The van der Waals surface area contributed by atoms with Crippen LogP contribution in [0, 0.1) is 5.92 Å². The fraction of sp³-hybridized carbons (Fsp3) is 0.480. The zero-order valence-electron chi connectivity index (χ0n) is 19.0. The molecule has 0 bridgehead atoms. The summed E-state index contributed by atoms with van der Waals surface area (Å²) in [6.45, 7) is 7.69. The summed E-state index contributed by atoms with van der Waals surface area (Å²) in [5, 5.41) is 0. The van der Waals surface area contributed by atoms with Crippen molar-refractivity contribution in [2.75, 3.05) is 25.4 Å². The zero-order chi connectivity index (χ0) is 22.9. The van der Waals surface area contributed by atoms with Gasteiger partial charge >= 0.3 is 6.09 Å². The molecule has 2 aliphatic heterocycles. The maximum atomic E-state index is 12.2. The van der Waals surface area contributed by atoms with Crippen LogP contribution in [-0.2, 0) is 11.2 Å². The third kappa shape index (κ3) is 5.39. The second kappa shape index (κ2) is 8.96. The van der Waals surface area contributed by atoms with Crippen LogP contribution in [0.1, 0.15) is 39.2 Å². The molecular weight excluding hydrogens is 426 g/mol. The average Bonchev–Trinajstić information content (AvgIpc) is 3.06. The number of amides is 1. The standard InChI is InChI=1S/C25H33NO5S/c1-25(2,3)31-24(27)26-13-10-18(11-14-26)17-30-22-7-4-19(5-8-22)20-6-9-23-21(16-20)12-15-32(23,28)29/h4-9,16,18,28-29H,10-15,17H2,1-3H3. The van der Waals surface area contributed by atoms with E-state index in [1.807, 2.05) is 57.2 Å². The van der Waals surface area contributed by atoms with Crippen molar-refractivity contribution in [3.05, 3.63) is 48.0 Å². The van der Waals surface area contributed by atoms with Crippen molar-refractivity contribution in [3.8, 4) is 16.9 Å². The first-order chi connectivity index (χ1) is 15.1. The number of hydrogen-bond acceptors (Lipinski definition) is 5. The molecule has 0 radical (unpaired) electrons. The summed E-state index contributed by atoms with van der Waals surface area (Å²) in [6.07, 6.45) is 2.29. The Bertz CT molecular complexity index is 959. The molecule has 2 N–H and O–H groups in total. The third-order valence-electron chi connectivity index (χ3n) is 6.01. The maximum absolute atomic E-state index is 12.2. The molecule has 1 saturated heterocycles. The Balaban J connectivity index is 1.28. The van der Waals surface area contributed by atoms with Crippen LogP contribution in [0.25, 0.3) is 11.1 Å². The Morgan fingerprint density at radius 1 is 1.06 bits per heavy atom. The van der Waals surface area contributed by atoms with Gasteiger partial charge in [0, 0.05) is 18.8 Å². The lowest BCUT2D eigenvalue weighted by Gasteiger charge is -2.33. The molecule has 0 unspecified atom stereocenters. The van der Waals surface area contributed by atoms with E-state index in [9.17, 15) is 13.9 Å². The molecule has 4 rings (SSSR count). The van der Waals surface area contributed by atoms with E-state index in [0.717, 1.165) is 35.3 Å². The average molecular weight is 460 g/mol. The monoisotopic (exact) mass is 459 g/mol. The molecule has 0 spiro atoms. The topological polar surface area (TPSA) is 79.2 Å². The molecule has 0 saturated carbocycles. The lowest BCUT2D eigenvalue weighted by molar-refractivity contribution is 0.0165. The van der Waals surface area contributed by atoms with Crippen LogP contribution in [0.2, 0.25) is 0 Å². The van der Waals surface area contributed by atoms with Gasteiger partial charge in [0.05, 0.1) is 11.5 Å². The third-order valence-corrected chi connectivity index (χ3v) is 7.88. The van der Waals surface area contributed by atoms with Crippen molar-refractivity contribution in [1.29, 1.82) is 0 Å². The van der Waals surface area contributed by atoms with Gasteiger partial charge < -0.3 is 14.4 Å². The minimum Gasteiger partial charge on any atom is -0.493 e. The number of aryl methyl sites for hydroxylation is 1. The minimum absolute atomic E-state index is 0.232. The molecule has 6 nitrogen and oxygen atoms in total. The van der Waals surface area contributed by atoms with Gasteiger partial charge in [0.2, 0.25) is 0 Å². The van der Waals surface area contributed by atoms with Crippen LogP contribution >= 0.6 is 10.6 Å². The second-order valence-electron chi connectivity index (χ2n) is 9.69. The predicted octanol–water partition coefficient (Wildman–Crippen LogP) is 6.05. The lowest BCUT2D eigenvalue weighted by Crippen LogP contribution is -2.42. The van der Waals surface area contributed by atoms with E-state index in [2.05, 4.69) is 6.07 Å². The lowest BCUT2D eigenvalue weighted by atomic mass is 9.98. The summed E-state index contributed by atoms with van der Waals surface area (Å²) < 4.78 is 31.7. The first-order valence-electron chi connectivity index (χ1n) is 11.2. The van der Waals surface area contributed by atoms with Gasteiger partial charge in [-0.05, 0) is 86.9 Å². The summed E-state index contributed by atoms with van der Waals surface area (Å²) in [4.78, 5) is 14.7. The Morgan fingerprint density at radius 2 is 1.72 bits per heavy atom. The van der Waals surface area contributed by atoms with Crippen LogP contribution in [0.4, 0.5) is 4.79 Å². The van der Waals surface area contributed by atoms with E-state index < -0.39 is 16.2 Å². The van der Waals surface area contributed by atoms with E-state index >= 15 is 0 Å². The van der Waals surface area contributed by atoms with Gasteiger partial charge in [0.25, 0.3) is 0 Å². The SMILES string of the molecule is CC(C)(C)OC(=O)N1CCC(COc2ccc(-c3ccc4c(c3)CCS4(O)O)cc2)CC1. The fourth-order valence-electron chi connectivity index (χ4n) is 4.20. The molecule has 7 heteroatoms. The van der Waals surface area contributed by atoms with Crippen molar-refractivity contribution in [2.45, 2.75) is 50.5 Å². The normalized spacial score (nSPS) is 19.3. The molecule has 174 valence electrons. The number of nitrogens with zero attached hydrogens (tertiary/aromatic N) is 1. The molecule has 0 aliphatic carbocycles. The molecule has 2 aromatic rings. The molecule has 1 amide bonds. The molecule has 1 fully saturated rings. The van der Waals surface area contributed by atoms with E-state index in [1.165, 1.54) is 0 Å². The van der Waals surface area contributed by atoms with Gasteiger partial charge in [-0.2, -0.15) is 10.6 Å². The summed E-state index contributed by atoms with van der Waals surface area (Å²) in [5.41, 5.74) is 2.71. The van der Waals surface area contributed by atoms with Crippen molar-refractivity contribution in [1.82, 2.24) is 4.90 Å². The Morgan fingerprint density at radius 3 is 2.38 bits per heavy atom. The Hall–Kier alpha value is -2.22. The number of carbonyl (C=O) groups excluding carboxylic acids is 1. The van der Waals surface area contributed by atoms with Crippen LogP contribution in [-0.4, -0.2) is 51.1 Å². The molecule has 32 heavy (non-hydrogen) atoms. The van der Waals surface area contributed by atoms with Crippen LogP contribution < -0.4 is 4.74 Å². The number of ether oxygens (including phenoxy) is 2. The van der Waals surface area contributed by atoms with E-state index in [1.54, 1.807) is 4.90 Å². The van der Waals surface area contributed by atoms with Gasteiger partial charge in [0.1, 0.15) is 11.4 Å². The van der Waals surface area contributed by atoms with Gasteiger partial charge in [-0.15, -0.1) is 0 Å².